The number of hydrogen-bond acceptors (Lipinski definition) is 5. The molecule has 0 saturated heterocycles. The number of esters is 2. The molecule has 0 heterocycles. The number of hydrogen-bond donors (Lipinski definition) is 1. The molecule has 0 aliphatic carbocycles. The van der Waals surface area contributed by atoms with E-state index in [1.807, 2.05) is 0 Å². The van der Waals surface area contributed by atoms with Gasteiger partial charge in [0.2, 0.25) is 0 Å². The Morgan fingerprint density at radius 3 is 2.29 bits per heavy atom. The van der Waals surface area contributed by atoms with E-state index >= 15 is 0 Å². The van der Waals surface area contributed by atoms with Gasteiger partial charge < -0.3 is 14.8 Å². The number of methoxy groups -OCH3 is 1. The maximum absolute atomic E-state index is 11.5. The van der Waals surface area contributed by atoms with E-state index in [1.165, 1.54) is 7.11 Å². The van der Waals surface area contributed by atoms with Gasteiger partial charge in [-0.25, -0.2) is 4.79 Å². The van der Waals surface area contributed by atoms with E-state index in [0.717, 1.165) is 5.56 Å². The van der Waals surface area contributed by atoms with Crippen molar-refractivity contribution in [3.63, 3.8) is 0 Å². The molecule has 0 aliphatic heterocycles. The van der Waals surface area contributed by atoms with E-state index < -0.39 is 11.9 Å². The zero-order chi connectivity index (χ0) is 15.8. The highest BCUT2D eigenvalue weighted by Crippen LogP contribution is 2.05. The van der Waals surface area contributed by atoms with Gasteiger partial charge in [-0.3, -0.25) is 9.59 Å². The van der Waals surface area contributed by atoms with Crippen LogP contribution in [0.4, 0.5) is 0 Å². The molecule has 1 aromatic carbocycles. The lowest BCUT2D eigenvalue weighted by atomic mass is 10.1. The van der Waals surface area contributed by atoms with Gasteiger partial charge in [0.1, 0.15) is 0 Å². The number of rotatable bonds is 6. The summed E-state index contributed by atoms with van der Waals surface area (Å²) in [5.74, 6) is -1.46. The number of carbonyl (C=O) groups is 3. The molecule has 0 saturated carbocycles. The van der Waals surface area contributed by atoms with E-state index in [-0.39, 0.29) is 18.4 Å². The molecule has 0 bridgehead atoms. The van der Waals surface area contributed by atoms with Crippen LogP contribution in [0.5, 0.6) is 0 Å². The predicted molar refractivity (Wildman–Crippen MR) is 75.4 cm³/mol. The Bertz CT molecular complexity index is 507. The first kappa shape index (κ1) is 16.7. The smallest absolute Gasteiger partial charge is 0.337 e. The number of benzene rings is 1. The molecule has 1 N–H and O–H groups in total. The maximum Gasteiger partial charge on any atom is 0.337 e. The number of carbonyl (C=O) groups excluding carboxylic acids is 3. The van der Waals surface area contributed by atoms with Crippen LogP contribution < -0.4 is 5.32 Å². The van der Waals surface area contributed by atoms with E-state index in [2.05, 4.69) is 10.1 Å². The van der Waals surface area contributed by atoms with Gasteiger partial charge in [-0.05, 0) is 17.7 Å². The monoisotopic (exact) mass is 293 g/mol. The Morgan fingerprint density at radius 1 is 1.14 bits per heavy atom. The van der Waals surface area contributed by atoms with Crippen molar-refractivity contribution >= 4 is 17.8 Å². The summed E-state index contributed by atoms with van der Waals surface area (Å²) < 4.78 is 9.40. The summed E-state index contributed by atoms with van der Waals surface area (Å²) in [6, 6.07) is 6.66. The molecule has 21 heavy (non-hydrogen) atoms. The van der Waals surface area contributed by atoms with Crippen LogP contribution >= 0.6 is 0 Å². The van der Waals surface area contributed by atoms with Crippen LogP contribution in [0.15, 0.2) is 24.3 Å². The highest BCUT2D eigenvalue weighted by molar-refractivity contribution is 5.89. The third kappa shape index (κ3) is 5.64. The van der Waals surface area contributed by atoms with E-state index in [9.17, 15) is 14.4 Å². The van der Waals surface area contributed by atoms with Gasteiger partial charge in [-0.2, -0.15) is 0 Å². The molecule has 0 atom stereocenters. The van der Waals surface area contributed by atoms with Crippen LogP contribution in [0, 0.1) is 5.92 Å². The first-order chi connectivity index (χ1) is 9.93. The first-order valence-corrected chi connectivity index (χ1v) is 6.54. The van der Waals surface area contributed by atoms with Gasteiger partial charge >= 0.3 is 11.9 Å². The van der Waals surface area contributed by atoms with Gasteiger partial charge in [0.15, 0.2) is 6.61 Å². The van der Waals surface area contributed by atoms with Crippen LogP contribution in [0.25, 0.3) is 0 Å². The third-order valence-electron chi connectivity index (χ3n) is 2.68. The minimum absolute atomic E-state index is 0.260. The average Bonchev–Trinajstić information content (AvgIpc) is 2.50. The highest BCUT2D eigenvalue weighted by Gasteiger charge is 2.11. The van der Waals surface area contributed by atoms with Crippen molar-refractivity contribution in [2.45, 2.75) is 20.4 Å². The Balaban J connectivity index is 2.39. The highest BCUT2D eigenvalue weighted by atomic mass is 16.5. The van der Waals surface area contributed by atoms with Crippen molar-refractivity contribution < 1.29 is 23.9 Å². The fraction of sp³-hybridized carbons (Fsp3) is 0.400. The van der Waals surface area contributed by atoms with Crippen molar-refractivity contribution in [2.75, 3.05) is 13.7 Å². The molecule has 1 rings (SSSR count). The number of amides is 1. The Labute approximate surface area is 123 Å². The summed E-state index contributed by atoms with van der Waals surface area (Å²) in [5, 5.41) is 2.62. The molecule has 0 spiro atoms. The van der Waals surface area contributed by atoms with Gasteiger partial charge in [0, 0.05) is 6.54 Å². The summed E-state index contributed by atoms with van der Waals surface area (Å²) in [5.41, 5.74) is 1.27. The van der Waals surface area contributed by atoms with Crippen LogP contribution in [0.1, 0.15) is 29.8 Å². The van der Waals surface area contributed by atoms with Crippen LogP contribution in [-0.4, -0.2) is 31.6 Å². The average molecular weight is 293 g/mol. The summed E-state index contributed by atoms with van der Waals surface area (Å²) >= 11 is 0. The second-order valence-corrected chi connectivity index (χ2v) is 4.73. The minimum atomic E-state index is -0.411. The van der Waals surface area contributed by atoms with Crippen molar-refractivity contribution in [3.8, 4) is 0 Å². The first-order valence-electron chi connectivity index (χ1n) is 6.54. The fourth-order valence-corrected chi connectivity index (χ4v) is 1.43. The second-order valence-electron chi connectivity index (χ2n) is 4.73. The van der Waals surface area contributed by atoms with Crippen molar-refractivity contribution in [3.05, 3.63) is 35.4 Å². The lowest BCUT2D eigenvalue weighted by molar-refractivity contribution is -0.151. The molecule has 1 amide bonds. The minimum Gasteiger partial charge on any atom is -0.465 e. The topological polar surface area (TPSA) is 81.7 Å². The fourth-order valence-electron chi connectivity index (χ4n) is 1.43. The molecule has 6 nitrogen and oxygen atoms in total. The number of nitrogens with one attached hydrogen (secondary N) is 1. The molecule has 0 radical (unpaired) electrons. The van der Waals surface area contributed by atoms with Gasteiger partial charge in [0.05, 0.1) is 18.6 Å². The molecule has 6 heteroatoms. The molecule has 0 aliphatic rings. The van der Waals surface area contributed by atoms with Gasteiger partial charge in [0.25, 0.3) is 5.91 Å². The summed E-state index contributed by atoms with van der Waals surface area (Å²) in [6.45, 7) is 3.39. The third-order valence-corrected chi connectivity index (χ3v) is 2.68. The molecule has 0 aromatic heterocycles. The van der Waals surface area contributed by atoms with E-state index in [0.29, 0.717) is 12.1 Å². The van der Waals surface area contributed by atoms with Crippen LogP contribution in [0.3, 0.4) is 0 Å². The molecule has 0 unspecified atom stereocenters. The zero-order valence-electron chi connectivity index (χ0n) is 12.3. The SMILES string of the molecule is COC(=O)c1ccc(CNC(=O)COC(=O)C(C)C)cc1. The lowest BCUT2D eigenvalue weighted by Crippen LogP contribution is -2.29. The quantitative estimate of drug-likeness (QED) is 0.799. The summed E-state index contributed by atoms with van der Waals surface area (Å²) in [6.07, 6.45) is 0. The van der Waals surface area contributed by atoms with E-state index in [1.54, 1.807) is 38.1 Å². The lowest BCUT2D eigenvalue weighted by Gasteiger charge is -2.08. The van der Waals surface area contributed by atoms with E-state index in [4.69, 9.17) is 4.74 Å². The van der Waals surface area contributed by atoms with Crippen LogP contribution in [0.2, 0.25) is 0 Å². The summed E-state index contributed by atoms with van der Waals surface area (Å²) in [7, 11) is 1.31. The molecule has 1 aromatic rings. The van der Waals surface area contributed by atoms with Gasteiger partial charge in [-0.15, -0.1) is 0 Å². The Kier molecular flexibility index (Phi) is 6.39. The molecule has 0 fully saturated rings. The maximum atomic E-state index is 11.5. The zero-order valence-corrected chi connectivity index (χ0v) is 12.3. The standard InChI is InChI=1S/C15H19NO5/c1-10(2)14(18)21-9-13(17)16-8-11-4-6-12(7-5-11)15(19)20-3/h4-7,10H,8-9H2,1-3H3,(H,16,17). The van der Waals surface area contributed by atoms with Crippen molar-refractivity contribution in [2.24, 2.45) is 5.92 Å². The molecule has 114 valence electrons. The van der Waals surface area contributed by atoms with Crippen LogP contribution in [-0.2, 0) is 25.6 Å². The summed E-state index contributed by atoms with van der Waals surface area (Å²) in [4.78, 5) is 34.0. The van der Waals surface area contributed by atoms with Gasteiger partial charge in [-0.1, -0.05) is 26.0 Å². The Morgan fingerprint density at radius 2 is 1.76 bits per heavy atom. The second kappa shape index (κ2) is 8.04. The normalized spacial score (nSPS) is 10.1. The largest absolute Gasteiger partial charge is 0.465 e. The molecular weight excluding hydrogens is 274 g/mol. The van der Waals surface area contributed by atoms with Crippen molar-refractivity contribution in [1.82, 2.24) is 5.32 Å². The number of ether oxygens (including phenoxy) is 2. The predicted octanol–water partition coefficient (Wildman–Crippen LogP) is 1.29. The molecular formula is C15H19NO5. The van der Waals surface area contributed by atoms with Crippen molar-refractivity contribution in [1.29, 1.82) is 0 Å². The Hall–Kier alpha value is -2.37.